The Morgan fingerprint density at radius 2 is 1.58 bits per heavy atom. The fraction of sp³-hybridized carbons (Fsp3) is 0.250. The van der Waals surface area contributed by atoms with Crippen LogP contribution >= 0.6 is 0 Å². The number of carbonyl (C=O) groups excluding carboxylic acids is 1. The van der Waals surface area contributed by atoms with Crippen molar-refractivity contribution in [1.82, 2.24) is 14.8 Å². The highest BCUT2D eigenvalue weighted by Crippen LogP contribution is 2.33. The zero-order chi connectivity index (χ0) is 29.8. The van der Waals surface area contributed by atoms with Crippen molar-refractivity contribution in [2.45, 2.75) is 19.3 Å². The number of piperazine rings is 1. The van der Waals surface area contributed by atoms with Gasteiger partial charge in [-0.2, -0.15) is 13.2 Å². The van der Waals surface area contributed by atoms with Crippen LogP contribution in [0.25, 0.3) is 0 Å². The summed E-state index contributed by atoms with van der Waals surface area (Å²) in [5.41, 5.74) is 2.47. The average Bonchev–Trinajstić information content (AvgIpc) is 3.49. The Bertz CT molecular complexity index is 1550. The van der Waals surface area contributed by atoms with E-state index in [1.165, 1.54) is 12.1 Å². The number of carbonyl (C=O) groups is 1. The van der Waals surface area contributed by atoms with Gasteiger partial charge in [-0.1, -0.05) is 12.1 Å². The van der Waals surface area contributed by atoms with E-state index in [0.717, 1.165) is 54.4 Å². The number of anilines is 1. The van der Waals surface area contributed by atoms with E-state index in [1.807, 2.05) is 29.2 Å². The summed E-state index contributed by atoms with van der Waals surface area (Å²) in [5, 5.41) is 3.08. The number of nitrogens with one attached hydrogen (secondary N) is 1. The third-order valence-electron chi connectivity index (χ3n) is 7.33. The van der Waals surface area contributed by atoms with E-state index in [-0.39, 0.29) is 12.7 Å². The lowest BCUT2D eigenvalue weighted by molar-refractivity contribution is -0.137. The van der Waals surface area contributed by atoms with Crippen molar-refractivity contribution in [3.8, 4) is 23.1 Å². The van der Waals surface area contributed by atoms with Gasteiger partial charge in [0.25, 0.3) is 5.91 Å². The molecule has 222 valence electrons. The molecule has 3 heterocycles. The van der Waals surface area contributed by atoms with Gasteiger partial charge in [0.05, 0.1) is 5.56 Å². The number of rotatable bonds is 8. The monoisotopic (exact) mass is 590 g/mol. The molecule has 1 fully saturated rings. The molecule has 0 radical (unpaired) electrons. The van der Waals surface area contributed by atoms with Gasteiger partial charge < -0.3 is 24.4 Å². The van der Waals surface area contributed by atoms with E-state index in [0.29, 0.717) is 42.5 Å². The third kappa shape index (κ3) is 7.00. The molecule has 3 aromatic carbocycles. The Morgan fingerprint density at radius 3 is 2.28 bits per heavy atom. The quantitative estimate of drug-likeness (QED) is 0.262. The van der Waals surface area contributed by atoms with Crippen LogP contribution in [-0.4, -0.2) is 53.7 Å². The SMILES string of the molecule is O=C(c1ccc(Oc2ccc(CNc3ccc(C(F)(F)F)cc3)cn2)cc1)N1CCN(Cc2ccc3c(c2)OCO3)CC1. The van der Waals surface area contributed by atoms with Crippen LogP contribution in [0.1, 0.15) is 27.0 Å². The minimum absolute atomic E-state index is 0.0164. The molecule has 0 bridgehead atoms. The van der Waals surface area contributed by atoms with E-state index in [2.05, 4.69) is 15.2 Å². The van der Waals surface area contributed by atoms with E-state index in [4.69, 9.17) is 14.2 Å². The molecule has 0 unspecified atom stereocenters. The van der Waals surface area contributed by atoms with Gasteiger partial charge >= 0.3 is 6.18 Å². The molecular weight excluding hydrogens is 561 g/mol. The highest BCUT2D eigenvalue weighted by Gasteiger charge is 2.30. The maximum atomic E-state index is 13.1. The number of nitrogens with zero attached hydrogens (tertiary/aromatic N) is 3. The predicted molar refractivity (Wildman–Crippen MR) is 153 cm³/mol. The number of fused-ring (bicyclic) bond motifs is 1. The highest BCUT2D eigenvalue weighted by molar-refractivity contribution is 5.94. The van der Waals surface area contributed by atoms with Crippen molar-refractivity contribution in [1.29, 1.82) is 0 Å². The van der Waals surface area contributed by atoms with Crippen LogP contribution in [0.2, 0.25) is 0 Å². The van der Waals surface area contributed by atoms with Gasteiger partial charge in [0, 0.05) is 62.8 Å². The summed E-state index contributed by atoms with van der Waals surface area (Å²) in [4.78, 5) is 21.6. The molecule has 1 saturated heterocycles. The summed E-state index contributed by atoms with van der Waals surface area (Å²) in [7, 11) is 0. The van der Waals surface area contributed by atoms with Crippen LogP contribution in [0.15, 0.2) is 85.1 Å². The zero-order valence-corrected chi connectivity index (χ0v) is 23.1. The Balaban J connectivity index is 0.959. The Hall–Kier alpha value is -4.77. The van der Waals surface area contributed by atoms with Crippen molar-refractivity contribution in [2.75, 3.05) is 38.3 Å². The molecule has 8 nitrogen and oxygen atoms in total. The van der Waals surface area contributed by atoms with Crippen molar-refractivity contribution < 1.29 is 32.2 Å². The first kappa shape index (κ1) is 28.4. The number of benzene rings is 3. The highest BCUT2D eigenvalue weighted by atomic mass is 19.4. The van der Waals surface area contributed by atoms with E-state index >= 15 is 0 Å². The molecule has 0 atom stereocenters. The van der Waals surface area contributed by atoms with Gasteiger partial charge in [0.15, 0.2) is 11.5 Å². The molecule has 43 heavy (non-hydrogen) atoms. The predicted octanol–water partition coefficient (Wildman–Crippen LogP) is 6.19. The van der Waals surface area contributed by atoms with Gasteiger partial charge in [-0.25, -0.2) is 4.98 Å². The molecule has 0 aliphatic carbocycles. The first-order valence-electron chi connectivity index (χ1n) is 13.8. The molecule has 11 heteroatoms. The van der Waals surface area contributed by atoms with Crippen LogP contribution in [0.4, 0.5) is 18.9 Å². The van der Waals surface area contributed by atoms with Crippen molar-refractivity contribution >= 4 is 11.6 Å². The van der Waals surface area contributed by atoms with Gasteiger partial charge in [0.1, 0.15) is 5.75 Å². The molecule has 1 N–H and O–H groups in total. The summed E-state index contributed by atoms with van der Waals surface area (Å²) >= 11 is 0. The van der Waals surface area contributed by atoms with E-state index in [9.17, 15) is 18.0 Å². The second kappa shape index (κ2) is 12.2. The summed E-state index contributed by atoms with van der Waals surface area (Å²) in [6, 6.07) is 21.4. The summed E-state index contributed by atoms with van der Waals surface area (Å²) in [6.07, 6.45) is -2.72. The fourth-order valence-corrected chi connectivity index (χ4v) is 4.93. The largest absolute Gasteiger partial charge is 0.454 e. The van der Waals surface area contributed by atoms with E-state index in [1.54, 1.807) is 36.5 Å². The van der Waals surface area contributed by atoms with Gasteiger partial charge in [0.2, 0.25) is 12.7 Å². The van der Waals surface area contributed by atoms with Crippen molar-refractivity contribution in [2.24, 2.45) is 0 Å². The maximum absolute atomic E-state index is 13.1. The molecule has 0 saturated carbocycles. The van der Waals surface area contributed by atoms with Crippen LogP contribution < -0.4 is 19.5 Å². The molecule has 2 aliphatic heterocycles. The van der Waals surface area contributed by atoms with Gasteiger partial charge in [-0.15, -0.1) is 0 Å². The normalized spacial score (nSPS) is 14.9. The average molecular weight is 591 g/mol. The number of hydrogen-bond donors (Lipinski definition) is 1. The smallest absolute Gasteiger partial charge is 0.416 e. The van der Waals surface area contributed by atoms with Crippen LogP contribution in [0, 0.1) is 0 Å². The van der Waals surface area contributed by atoms with Crippen LogP contribution in [-0.2, 0) is 19.3 Å². The van der Waals surface area contributed by atoms with Gasteiger partial charge in [-0.3, -0.25) is 9.69 Å². The molecule has 1 amide bonds. The molecule has 1 aromatic heterocycles. The van der Waals surface area contributed by atoms with Crippen molar-refractivity contribution in [3.05, 3.63) is 107 Å². The number of pyridine rings is 1. The topological polar surface area (TPSA) is 76.2 Å². The number of aromatic nitrogens is 1. The second-order valence-corrected chi connectivity index (χ2v) is 10.3. The van der Waals surface area contributed by atoms with Crippen LogP contribution in [0.3, 0.4) is 0 Å². The van der Waals surface area contributed by atoms with Crippen LogP contribution in [0.5, 0.6) is 23.1 Å². The molecule has 2 aliphatic rings. The first-order valence-corrected chi connectivity index (χ1v) is 13.8. The molecule has 6 rings (SSSR count). The van der Waals surface area contributed by atoms with E-state index < -0.39 is 11.7 Å². The third-order valence-corrected chi connectivity index (χ3v) is 7.33. The summed E-state index contributed by atoms with van der Waals surface area (Å²) in [6.45, 7) is 4.29. The summed E-state index contributed by atoms with van der Waals surface area (Å²) < 4.78 is 54.9. The fourth-order valence-electron chi connectivity index (χ4n) is 4.93. The lowest BCUT2D eigenvalue weighted by atomic mass is 10.1. The number of amides is 1. The minimum atomic E-state index is -4.36. The Labute approximate surface area is 246 Å². The minimum Gasteiger partial charge on any atom is -0.454 e. The number of halogens is 3. The standard InChI is InChI=1S/C32H29F3N4O4/c33-32(34,35)25-5-7-26(8-6-25)36-18-23-2-12-30(37-19-23)43-27-9-3-24(4-10-27)31(40)39-15-13-38(14-16-39)20-22-1-11-28-29(17-22)42-21-41-28/h1-12,17,19,36H,13-16,18,20-21H2. The second-order valence-electron chi connectivity index (χ2n) is 10.3. The lowest BCUT2D eigenvalue weighted by Gasteiger charge is -2.34. The Morgan fingerprint density at radius 1 is 0.860 bits per heavy atom. The zero-order valence-electron chi connectivity index (χ0n) is 23.1. The lowest BCUT2D eigenvalue weighted by Crippen LogP contribution is -2.48. The number of ether oxygens (including phenoxy) is 3. The van der Waals surface area contributed by atoms with Gasteiger partial charge in [-0.05, 0) is 71.8 Å². The molecule has 4 aromatic rings. The molecular formula is C32H29F3N4O4. The van der Waals surface area contributed by atoms with Crippen molar-refractivity contribution in [3.63, 3.8) is 0 Å². The Kier molecular flexibility index (Phi) is 8.06. The number of alkyl halides is 3. The maximum Gasteiger partial charge on any atom is 0.416 e. The molecule has 0 spiro atoms. The first-order chi connectivity index (χ1) is 20.8. The summed E-state index contributed by atoms with van der Waals surface area (Å²) in [5.74, 6) is 2.47. The number of hydrogen-bond acceptors (Lipinski definition) is 7.